The Morgan fingerprint density at radius 1 is 1.08 bits per heavy atom. The zero-order chi connectivity index (χ0) is 17.9. The smallest absolute Gasteiger partial charge is 0.238 e. The summed E-state index contributed by atoms with van der Waals surface area (Å²) in [6, 6.07) is 12.1. The lowest BCUT2D eigenvalue weighted by Crippen LogP contribution is -2.29. The topological polar surface area (TPSA) is 47.6 Å². The Kier molecular flexibility index (Phi) is 5.02. The van der Waals surface area contributed by atoms with Gasteiger partial charge in [0, 0.05) is 17.4 Å². The molecule has 0 saturated heterocycles. The minimum Gasteiger partial charge on any atom is -0.490 e. The van der Waals surface area contributed by atoms with E-state index in [9.17, 15) is 9.18 Å². The summed E-state index contributed by atoms with van der Waals surface area (Å²) in [7, 11) is 0. The van der Waals surface area contributed by atoms with Crippen LogP contribution in [-0.4, -0.2) is 25.2 Å². The molecule has 2 aromatic carbocycles. The second-order valence-electron chi connectivity index (χ2n) is 6.49. The first kappa shape index (κ1) is 17.2. The molecule has 1 amide bonds. The van der Waals surface area contributed by atoms with Crippen LogP contribution in [-0.2, 0) is 4.79 Å². The van der Waals surface area contributed by atoms with Crippen molar-refractivity contribution in [3.8, 4) is 11.5 Å². The number of fused-ring (bicyclic) bond motifs is 1. The molecular formula is C20H20FNO3S. The van der Waals surface area contributed by atoms with Crippen molar-refractivity contribution in [2.75, 3.05) is 13.2 Å². The highest BCUT2D eigenvalue weighted by atomic mass is 32.2. The van der Waals surface area contributed by atoms with Crippen LogP contribution in [0.15, 0.2) is 47.4 Å². The number of hydrogen-bond donors (Lipinski definition) is 1. The van der Waals surface area contributed by atoms with Crippen LogP contribution in [0.5, 0.6) is 11.5 Å². The van der Waals surface area contributed by atoms with Crippen LogP contribution < -0.4 is 14.8 Å². The molecule has 1 fully saturated rings. The molecule has 1 aliphatic heterocycles. The highest BCUT2D eigenvalue weighted by molar-refractivity contribution is 8.00. The Balaban J connectivity index is 1.58. The number of ether oxygens (including phenoxy) is 2. The average molecular weight is 373 g/mol. The summed E-state index contributed by atoms with van der Waals surface area (Å²) in [5, 5.41) is 2.61. The molecule has 0 spiro atoms. The molecule has 6 heteroatoms. The summed E-state index contributed by atoms with van der Waals surface area (Å²) in [5.41, 5.74) is 0.779. The van der Waals surface area contributed by atoms with Crippen molar-refractivity contribution >= 4 is 17.7 Å². The van der Waals surface area contributed by atoms with E-state index in [1.807, 2.05) is 18.2 Å². The van der Waals surface area contributed by atoms with Gasteiger partial charge in [-0.25, -0.2) is 4.39 Å². The maximum Gasteiger partial charge on any atom is 0.238 e. The number of carbonyl (C=O) groups is 1. The molecule has 0 bridgehead atoms. The van der Waals surface area contributed by atoms with E-state index in [2.05, 4.69) is 5.32 Å². The normalized spacial score (nSPS) is 17.3. The van der Waals surface area contributed by atoms with Crippen molar-refractivity contribution < 1.29 is 18.7 Å². The maximum absolute atomic E-state index is 13.3. The van der Waals surface area contributed by atoms with Crippen LogP contribution in [0.2, 0.25) is 0 Å². The number of benzene rings is 2. The van der Waals surface area contributed by atoms with Gasteiger partial charge in [-0.05, 0) is 48.7 Å². The highest BCUT2D eigenvalue weighted by Gasteiger charge is 2.29. The summed E-state index contributed by atoms with van der Waals surface area (Å²) < 4.78 is 24.7. The van der Waals surface area contributed by atoms with Gasteiger partial charge < -0.3 is 14.8 Å². The molecular weight excluding hydrogens is 353 g/mol. The second kappa shape index (κ2) is 7.58. The average Bonchev–Trinajstić information content (AvgIpc) is 3.47. The van der Waals surface area contributed by atoms with Gasteiger partial charge in [-0.1, -0.05) is 12.1 Å². The van der Waals surface area contributed by atoms with Crippen LogP contribution in [0.25, 0.3) is 0 Å². The predicted molar refractivity (Wildman–Crippen MR) is 98.2 cm³/mol. The Labute approximate surface area is 156 Å². The summed E-state index contributed by atoms with van der Waals surface area (Å²) in [4.78, 5) is 13.7. The van der Waals surface area contributed by atoms with Crippen LogP contribution in [0.4, 0.5) is 4.39 Å². The van der Waals surface area contributed by atoms with Crippen molar-refractivity contribution in [1.82, 2.24) is 5.32 Å². The minimum absolute atomic E-state index is 0.0452. The second-order valence-corrected chi connectivity index (χ2v) is 7.67. The van der Waals surface area contributed by atoms with Gasteiger partial charge in [-0.3, -0.25) is 4.79 Å². The lowest BCUT2D eigenvalue weighted by atomic mass is 10.1. The van der Waals surface area contributed by atoms with Crippen molar-refractivity contribution in [1.29, 1.82) is 0 Å². The van der Waals surface area contributed by atoms with Crippen molar-refractivity contribution in [3.05, 3.63) is 53.8 Å². The molecule has 1 heterocycles. The summed E-state index contributed by atoms with van der Waals surface area (Å²) in [6.07, 6.45) is 2.90. The van der Waals surface area contributed by atoms with Crippen LogP contribution in [0.1, 0.15) is 30.1 Å². The lowest BCUT2D eigenvalue weighted by molar-refractivity contribution is -0.120. The predicted octanol–water partition coefficient (Wildman–Crippen LogP) is 4.10. The molecule has 2 aliphatic rings. The SMILES string of the molecule is O=C(NC1CC1)C(Sc1ccc2c(c1)OCCCO2)c1ccc(F)cc1. The first-order chi connectivity index (χ1) is 12.7. The third kappa shape index (κ3) is 4.12. The van der Waals surface area contributed by atoms with Gasteiger partial charge >= 0.3 is 0 Å². The molecule has 1 aliphatic carbocycles. The highest BCUT2D eigenvalue weighted by Crippen LogP contribution is 2.40. The molecule has 136 valence electrons. The van der Waals surface area contributed by atoms with Gasteiger partial charge in [-0.15, -0.1) is 11.8 Å². The Morgan fingerprint density at radius 2 is 1.81 bits per heavy atom. The van der Waals surface area contributed by atoms with E-state index in [-0.39, 0.29) is 17.8 Å². The van der Waals surface area contributed by atoms with E-state index in [0.29, 0.717) is 19.0 Å². The van der Waals surface area contributed by atoms with E-state index < -0.39 is 5.25 Å². The van der Waals surface area contributed by atoms with Crippen molar-refractivity contribution in [2.24, 2.45) is 0 Å². The van der Waals surface area contributed by atoms with Gasteiger partial charge in [-0.2, -0.15) is 0 Å². The van der Waals surface area contributed by atoms with E-state index in [1.165, 1.54) is 23.9 Å². The van der Waals surface area contributed by atoms with Gasteiger partial charge in [0.2, 0.25) is 5.91 Å². The van der Waals surface area contributed by atoms with Crippen LogP contribution in [0.3, 0.4) is 0 Å². The largest absolute Gasteiger partial charge is 0.490 e. The summed E-state index contributed by atoms with van der Waals surface area (Å²) in [5.74, 6) is 1.08. The third-order valence-corrected chi connectivity index (χ3v) is 5.56. The molecule has 4 nitrogen and oxygen atoms in total. The van der Waals surface area contributed by atoms with Crippen molar-refractivity contribution in [3.63, 3.8) is 0 Å². The Bertz CT molecular complexity index is 792. The zero-order valence-corrected chi connectivity index (χ0v) is 15.1. The molecule has 1 saturated carbocycles. The fourth-order valence-electron chi connectivity index (χ4n) is 2.77. The first-order valence-corrected chi connectivity index (χ1v) is 9.69. The summed E-state index contributed by atoms with van der Waals surface area (Å²) in [6.45, 7) is 1.26. The number of carbonyl (C=O) groups excluding carboxylic acids is 1. The van der Waals surface area contributed by atoms with Crippen LogP contribution in [0, 0.1) is 5.82 Å². The number of rotatable bonds is 5. The van der Waals surface area contributed by atoms with E-state index in [0.717, 1.165) is 35.5 Å². The number of hydrogen-bond acceptors (Lipinski definition) is 4. The van der Waals surface area contributed by atoms with Gasteiger partial charge in [0.05, 0.1) is 13.2 Å². The molecule has 0 radical (unpaired) electrons. The first-order valence-electron chi connectivity index (χ1n) is 8.81. The minimum atomic E-state index is -0.444. The molecule has 4 rings (SSSR count). The maximum atomic E-state index is 13.3. The zero-order valence-electron chi connectivity index (χ0n) is 14.2. The summed E-state index contributed by atoms with van der Waals surface area (Å²) >= 11 is 1.44. The van der Waals surface area contributed by atoms with E-state index in [4.69, 9.17) is 9.47 Å². The standard InChI is InChI=1S/C20H20FNO3S/c21-14-4-2-13(3-5-14)19(20(23)22-15-6-7-15)26-16-8-9-17-18(12-16)25-11-1-10-24-17/h2-5,8-9,12,15,19H,1,6-7,10-11H2,(H,22,23). The third-order valence-electron chi connectivity index (χ3n) is 4.31. The molecule has 1 unspecified atom stereocenters. The van der Waals surface area contributed by atoms with Gasteiger partial charge in [0.1, 0.15) is 11.1 Å². The van der Waals surface area contributed by atoms with Gasteiger partial charge in [0.25, 0.3) is 0 Å². The molecule has 2 aromatic rings. The lowest BCUT2D eigenvalue weighted by Gasteiger charge is -2.18. The van der Waals surface area contributed by atoms with Crippen molar-refractivity contribution in [2.45, 2.75) is 35.4 Å². The Hall–Kier alpha value is -2.21. The Morgan fingerprint density at radius 3 is 2.54 bits per heavy atom. The number of amides is 1. The number of thioether (sulfide) groups is 1. The van der Waals surface area contributed by atoms with E-state index in [1.54, 1.807) is 12.1 Å². The molecule has 0 aromatic heterocycles. The fourth-order valence-corrected chi connectivity index (χ4v) is 3.83. The molecule has 1 N–H and O–H groups in total. The van der Waals surface area contributed by atoms with Crippen LogP contribution >= 0.6 is 11.8 Å². The fraction of sp³-hybridized carbons (Fsp3) is 0.350. The number of halogens is 1. The number of nitrogens with one attached hydrogen (secondary N) is 1. The van der Waals surface area contributed by atoms with Gasteiger partial charge in [0.15, 0.2) is 11.5 Å². The quantitative estimate of drug-likeness (QED) is 0.802. The molecule has 1 atom stereocenters. The molecule has 26 heavy (non-hydrogen) atoms. The van der Waals surface area contributed by atoms with E-state index >= 15 is 0 Å². The monoisotopic (exact) mass is 373 g/mol.